The lowest BCUT2D eigenvalue weighted by atomic mass is 10.0. The number of methoxy groups -OCH3 is 1. The molecule has 0 bridgehead atoms. The van der Waals surface area contributed by atoms with Crippen molar-refractivity contribution in [1.29, 1.82) is 0 Å². The van der Waals surface area contributed by atoms with E-state index in [9.17, 15) is 14.4 Å². The minimum atomic E-state index is -0.782. The van der Waals surface area contributed by atoms with Crippen molar-refractivity contribution in [3.05, 3.63) is 69.9 Å². The van der Waals surface area contributed by atoms with Crippen LogP contribution in [0.3, 0.4) is 0 Å². The zero-order valence-corrected chi connectivity index (χ0v) is 17.9. The predicted molar refractivity (Wildman–Crippen MR) is 119 cm³/mol. The van der Waals surface area contributed by atoms with Crippen LogP contribution in [-0.4, -0.2) is 37.0 Å². The average molecular weight is 426 g/mol. The van der Waals surface area contributed by atoms with Crippen molar-refractivity contribution in [3.8, 4) is 11.3 Å². The summed E-state index contributed by atoms with van der Waals surface area (Å²) in [6, 6.07) is 13.3. The van der Waals surface area contributed by atoms with Gasteiger partial charge in [-0.15, -0.1) is 0 Å². The highest BCUT2D eigenvalue weighted by Gasteiger charge is 2.24. The largest absolute Gasteiger partial charge is 0.467 e. The van der Waals surface area contributed by atoms with Crippen molar-refractivity contribution in [2.24, 2.45) is 0 Å². The molecule has 0 aliphatic heterocycles. The normalized spacial score (nSPS) is 11.8. The van der Waals surface area contributed by atoms with Crippen LogP contribution < -0.4 is 10.7 Å². The van der Waals surface area contributed by atoms with Crippen LogP contribution in [-0.2, 0) is 9.53 Å². The maximum absolute atomic E-state index is 13.0. The second-order valence-corrected chi connectivity index (χ2v) is 7.75. The van der Waals surface area contributed by atoms with Crippen molar-refractivity contribution in [2.45, 2.75) is 19.4 Å². The number of carbonyl (C=O) groups excluding carboxylic acids is 2. The quantitative estimate of drug-likeness (QED) is 0.580. The number of para-hydroxylation sites is 1. The fourth-order valence-corrected chi connectivity index (χ4v) is 3.69. The molecule has 0 aliphatic rings. The molecule has 1 atom stereocenters. The molecule has 1 aromatic heterocycles. The number of ether oxygens (including phenoxy) is 1. The van der Waals surface area contributed by atoms with Gasteiger partial charge in [0.25, 0.3) is 5.91 Å². The fraction of sp³-hybridized carbons (Fsp3) is 0.261. The second kappa shape index (κ2) is 9.63. The van der Waals surface area contributed by atoms with Crippen molar-refractivity contribution in [3.63, 3.8) is 0 Å². The standard InChI is InChI=1S/C23H23NO5S/c1-14-19(25)16-10-7-11-17(21(16)29-20(14)15-8-5-4-6-9-15)22(26)24-18(12-13-30-3)23(27)28-2/h4-11,18H,12-13H2,1-3H3,(H,24,26). The van der Waals surface area contributed by atoms with Gasteiger partial charge in [-0.05, 0) is 37.5 Å². The summed E-state index contributed by atoms with van der Waals surface area (Å²) in [6.45, 7) is 1.70. The number of fused-ring (bicyclic) bond motifs is 1. The van der Waals surface area contributed by atoms with Crippen LogP contribution in [0.15, 0.2) is 57.7 Å². The van der Waals surface area contributed by atoms with Gasteiger partial charge in [0, 0.05) is 11.1 Å². The van der Waals surface area contributed by atoms with Gasteiger partial charge in [0.2, 0.25) is 0 Å². The number of esters is 1. The first-order valence-corrected chi connectivity index (χ1v) is 10.9. The Morgan fingerprint density at radius 3 is 2.53 bits per heavy atom. The monoisotopic (exact) mass is 425 g/mol. The third-order valence-corrected chi connectivity index (χ3v) is 5.47. The molecule has 156 valence electrons. The van der Waals surface area contributed by atoms with Crippen LogP contribution >= 0.6 is 11.8 Å². The van der Waals surface area contributed by atoms with E-state index in [0.29, 0.717) is 28.9 Å². The summed E-state index contributed by atoms with van der Waals surface area (Å²) in [5, 5.41) is 3.03. The first kappa shape index (κ1) is 21.6. The fourth-order valence-electron chi connectivity index (χ4n) is 3.22. The number of hydrogen-bond donors (Lipinski definition) is 1. The Kier molecular flexibility index (Phi) is 6.95. The van der Waals surface area contributed by atoms with Crippen molar-refractivity contribution in [1.82, 2.24) is 5.32 Å². The van der Waals surface area contributed by atoms with Gasteiger partial charge in [0.15, 0.2) is 11.0 Å². The number of benzene rings is 2. The van der Waals surface area contributed by atoms with E-state index in [2.05, 4.69) is 5.32 Å². The molecule has 0 aliphatic carbocycles. The third kappa shape index (κ3) is 4.41. The van der Waals surface area contributed by atoms with Crippen molar-refractivity contribution < 1.29 is 18.7 Å². The summed E-state index contributed by atoms with van der Waals surface area (Å²) in [5.74, 6) is 0.0884. The Hall–Kier alpha value is -3.06. The van der Waals surface area contributed by atoms with Crippen LogP contribution in [0.1, 0.15) is 22.3 Å². The molecule has 3 aromatic rings. The molecule has 0 saturated heterocycles. The van der Waals surface area contributed by atoms with Gasteiger partial charge in [0.1, 0.15) is 11.8 Å². The summed E-state index contributed by atoms with van der Waals surface area (Å²) in [4.78, 5) is 38.0. The van der Waals surface area contributed by atoms with E-state index >= 15 is 0 Å². The van der Waals surface area contributed by atoms with Gasteiger partial charge in [0.05, 0.1) is 18.1 Å². The average Bonchev–Trinajstić information content (AvgIpc) is 2.78. The number of carbonyl (C=O) groups is 2. The molecule has 3 rings (SSSR count). The zero-order chi connectivity index (χ0) is 21.7. The van der Waals surface area contributed by atoms with Crippen molar-refractivity contribution in [2.75, 3.05) is 19.1 Å². The van der Waals surface area contributed by atoms with Gasteiger partial charge in [-0.25, -0.2) is 4.79 Å². The van der Waals surface area contributed by atoms with Crippen molar-refractivity contribution >= 4 is 34.6 Å². The SMILES string of the molecule is COC(=O)C(CCSC)NC(=O)c1cccc2c(=O)c(C)c(-c3ccccc3)oc12. The van der Waals surface area contributed by atoms with E-state index in [0.717, 1.165) is 5.56 Å². The van der Waals surface area contributed by atoms with Gasteiger partial charge >= 0.3 is 5.97 Å². The number of rotatable bonds is 7. The predicted octanol–water partition coefficient (Wildman–Crippen LogP) is 3.79. The van der Waals surface area contributed by atoms with Gasteiger partial charge in [-0.2, -0.15) is 11.8 Å². The summed E-state index contributed by atoms with van der Waals surface area (Å²) < 4.78 is 10.9. The summed E-state index contributed by atoms with van der Waals surface area (Å²) in [7, 11) is 1.28. The lowest BCUT2D eigenvalue weighted by Gasteiger charge is -2.17. The molecule has 1 N–H and O–H groups in total. The summed E-state index contributed by atoms with van der Waals surface area (Å²) in [6.07, 6.45) is 2.35. The topological polar surface area (TPSA) is 85.6 Å². The Labute approximate surface area is 178 Å². The third-order valence-electron chi connectivity index (χ3n) is 4.83. The smallest absolute Gasteiger partial charge is 0.328 e. The minimum absolute atomic E-state index is 0.193. The van der Waals surface area contributed by atoms with Crippen LogP contribution in [0.5, 0.6) is 0 Å². The highest BCUT2D eigenvalue weighted by atomic mass is 32.2. The van der Waals surface area contributed by atoms with Gasteiger partial charge in [-0.1, -0.05) is 36.4 Å². The highest BCUT2D eigenvalue weighted by molar-refractivity contribution is 7.98. The van der Waals surface area contributed by atoms with Crippen LogP contribution in [0, 0.1) is 6.92 Å². The summed E-state index contributed by atoms with van der Waals surface area (Å²) >= 11 is 1.57. The lowest BCUT2D eigenvalue weighted by molar-refractivity contribution is -0.142. The molecule has 7 heteroatoms. The Balaban J connectivity index is 2.08. The van der Waals surface area contributed by atoms with Crippen LogP contribution in [0.4, 0.5) is 0 Å². The minimum Gasteiger partial charge on any atom is -0.467 e. The Bertz CT molecular complexity index is 1120. The van der Waals surface area contributed by atoms with E-state index in [1.54, 1.807) is 36.9 Å². The first-order valence-electron chi connectivity index (χ1n) is 9.47. The maximum atomic E-state index is 13.0. The summed E-state index contributed by atoms with van der Waals surface area (Å²) in [5.41, 5.74) is 1.41. The molecular formula is C23H23NO5S. The molecule has 0 spiro atoms. The molecule has 6 nitrogen and oxygen atoms in total. The van der Waals surface area contributed by atoms with E-state index in [4.69, 9.17) is 9.15 Å². The molecule has 0 saturated carbocycles. The zero-order valence-electron chi connectivity index (χ0n) is 17.1. The second-order valence-electron chi connectivity index (χ2n) is 6.76. The molecule has 30 heavy (non-hydrogen) atoms. The number of nitrogens with one attached hydrogen (secondary N) is 1. The molecule has 1 unspecified atom stereocenters. The first-order chi connectivity index (χ1) is 14.5. The van der Waals surface area contributed by atoms with E-state index in [1.165, 1.54) is 7.11 Å². The van der Waals surface area contributed by atoms with E-state index < -0.39 is 17.9 Å². The van der Waals surface area contributed by atoms with Gasteiger partial charge in [-0.3, -0.25) is 9.59 Å². The van der Waals surface area contributed by atoms with Gasteiger partial charge < -0.3 is 14.5 Å². The molecule has 0 radical (unpaired) electrons. The Morgan fingerprint density at radius 2 is 1.87 bits per heavy atom. The van der Waals surface area contributed by atoms with E-state index in [-0.39, 0.29) is 16.6 Å². The molecule has 0 fully saturated rings. The number of hydrogen-bond acceptors (Lipinski definition) is 6. The molecule has 1 heterocycles. The highest BCUT2D eigenvalue weighted by Crippen LogP contribution is 2.27. The molecular weight excluding hydrogens is 402 g/mol. The van der Waals surface area contributed by atoms with E-state index in [1.807, 2.05) is 36.6 Å². The number of amides is 1. The number of thioether (sulfide) groups is 1. The molecule has 2 aromatic carbocycles. The molecule has 1 amide bonds. The Morgan fingerprint density at radius 1 is 1.13 bits per heavy atom. The van der Waals surface area contributed by atoms with Crippen LogP contribution in [0.2, 0.25) is 0 Å². The maximum Gasteiger partial charge on any atom is 0.328 e. The lowest BCUT2D eigenvalue weighted by Crippen LogP contribution is -2.42. The van der Waals surface area contributed by atoms with Crippen LogP contribution in [0.25, 0.3) is 22.3 Å².